The molecule has 10 heteroatoms. The van der Waals surface area contributed by atoms with Crippen molar-refractivity contribution in [2.24, 2.45) is 21.0 Å². The van der Waals surface area contributed by atoms with Gasteiger partial charge in [-0.2, -0.15) is 24.9 Å². The Bertz CT molecular complexity index is 764. The molecule has 0 fully saturated rings. The zero-order chi connectivity index (χ0) is 16.6. The first kappa shape index (κ1) is 15.3. The fourth-order valence-corrected chi connectivity index (χ4v) is 2.40. The van der Waals surface area contributed by atoms with Crippen LogP contribution in [-0.2, 0) is 9.59 Å². The quantitative estimate of drug-likeness (QED) is 0.809. The molecule has 0 bridgehead atoms. The van der Waals surface area contributed by atoms with Gasteiger partial charge in [0.15, 0.2) is 0 Å². The highest BCUT2D eigenvalue weighted by Gasteiger charge is 2.35. The zero-order valence-electron chi connectivity index (χ0n) is 12.5. The Hall–Kier alpha value is -2.55. The van der Waals surface area contributed by atoms with Gasteiger partial charge >= 0.3 is 0 Å². The summed E-state index contributed by atoms with van der Waals surface area (Å²) in [6, 6.07) is 1.67. The van der Waals surface area contributed by atoms with E-state index in [1.54, 1.807) is 20.0 Å². The monoisotopic (exact) mass is 335 g/mol. The highest BCUT2D eigenvalue weighted by molar-refractivity contribution is 6.24. The van der Waals surface area contributed by atoms with Crippen LogP contribution in [0.25, 0.3) is 0 Å². The number of hydrazone groups is 1. The Morgan fingerprint density at radius 1 is 1.43 bits per heavy atom. The van der Waals surface area contributed by atoms with Gasteiger partial charge in [0, 0.05) is 31.6 Å². The SMILES string of the molecule is Cc1cc(NC(=O)CCCl)n(C2=NC(=O)C3C=NN(C)C3=N2)n1. The molecule has 0 aromatic carbocycles. The molecule has 0 radical (unpaired) electrons. The van der Waals surface area contributed by atoms with Crippen LogP contribution in [0.4, 0.5) is 5.82 Å². The van der Waals surface area contributed by atoms with E-state index in [9.17, 15) is 9.59 Å². The first-order valence-corrected chi connectivity index (χ1v) is 7.45. The number of fused-ring (bicyclic) bond motifs is 1. The number of nitrogens with one attached hydrogen (secondary N) is 1. The van der Waals surface area contributed by atoms with Crippen molar-refractivity contribution in [1.82, 2.24) is 14.8 Å². The van der Waals surface area contributed by atoms with Crippen LogP contribution in [0.3, 0.4) is 0 Å². The van der Waals surface area contributed by atoms with Crippen molar-refractivity contribution < 1.29 is 9.59 Å². The topological polar surface area (TPSA) is 104 Å². The molecule has 0 aliphatic carbocycles. The number of nitrogens with zero attached hydrogens (tertiary/aromatic N) is 6. The number of hydrogen-bond donors (Lipinski definition) is 1. The summed E-state index contributed by atoms with van der Waals surface area (Å²) in [7, 11) is 1.70. The molecule has 1 atom stereocenters. The molecule has 23 heavy (non-hydrogen) atoms. The van der Waals surface area contributed by atoms with Gasteiger partial charge in [0.1, 0.15) is 17.6 Å². The van der Waals surface area contributed by atoms with Crippen molar-refractivity contribution in [2.75, 3.05) is 18.2 Å². The highest BCUT2D eigenvalue weighted by Crippen LogP contribution is 2.19. The van der Waals surface area contributed by atoms with E-state index in [2.05, 4.69) is 25.5 Å². The number of amidine groups is 1. The summed E-state index contributed by atoms with van der Waals surface area (Å²) in [5.41, 5.74) is 0.652. The van der Waals surface area contributed by atoms with E-state index in [1.807, 2.05) is 0 Å². The summed E-state index contributed by atoms with van der Waals surface area (Å²) in [5, 5.41) is 12.5. The first-order valence-electron chi connectivity index (χ1n) is 6.91. The van der Waals surface area contributed by atoms with Crippen LogP contribution in [0.1, 0.15) is 12.1 Å². The number of aromatic nitrogens is 2. The number of rotatable bonds is 3. The molecule has 3 heterocycles. The van der Waals surface area contributed by atoms with Crippen LogP contribution >= 0.6 is 11.6 Å². The number of alkyl halides is 1. The molecule has 0 saturated heterocycles. The molecule has 120 valence electrons. The van der Waals surface area contributed by atoms with Gasteiger partial charge in [-0.3, -0.25) is 14.6 Å². The van der Waals surface area contributed by atoms with Crippen LogP contribution in [0.5, 0.6) is 0 Å². The number of hydrogen-bond acceptors (Lipinski definition) is 6. The lowest BCUT2D eigenvalue weighted by Gasteiger charge is -2.17. The number of aliphatic imine (C=N–C) groups is 2. The van der Waals surface area contributed by atoms with Crippen molar-refractivity contribution >= 4 is 47.2 Å². The Balaban J connectivity index is 1.95. The largest absolute Gasteiger partial charge is 0.310 e. The van der Waals surface area contributed by atoms with Gasteiger partial charge in [-0.25, -0.2) is 0 Å². The lowest BCUT2D eigenvalue weighted by Crippen LogP contribution is -2.35. The molecule has 1 aromatic heterocycles. The van der Waals surface area contributed by atoms with Crippen LogP contribution in [0.2, 0.25) is 0 Å². The summed E-state index contributed by atoms with van der Waals surface area (Å²) < 4.78 is 1.33. The van der Waals surface area contributed by atoms with E-state index in [0.717, 1.165) is 0 Å². The smallest absolute Gasteiger partial charge is 0.265 e. The minimum Gasteiger partial charge on any atom is -0.310 e. The van der Waals surface area contributed by atoms with Crippen molar-refractivity contribution in [2.45, 2.75) is 13.3 Å². The van der Waals surface area contributed by atoms with Gasteiger partial charge in [-0.05, 0) is 6.92 Å². The minimum absolute atomic E-state index is 0.0906. The second-order valence-corrected chi connectivity index (χ2v) is 5.43. The van der Waals surface area contributed by atoms with E-state index >= 15 is 0 Å². The van der Waals surface area contributed by atoms with Crippen LogP contribution in [0.15, 0.2) is 21.2 Å². The van der Waals surface area contributed by atoms with E-state index in [4.69, 9.17) is 11.6 Å². The lowest BCUT2D eigenvalue weighted by molar-refractivity contribution is -0.118. The molecule has 0 saturated carbocycles. The molecule has 2 aliphatic rings. The average Bonchev–Trinajstić information content (AvgIpc) is 3.03. The Morgan fingerprint density at radius 2 is 2.22 bits per heavy atom. The normalized spacial score (nSPS) is 19.5. The summed E-state index contributed by atoms with van der Waals surface area (Å²) in [6.45, 7) is 1.76. The van der Waals surface area contributed by atoms with Gasteiger partial charge < -0.3 is 5.32 Å². The van der Waals surface area contributed by atoms with Gasteiger partial charge in [-0.15, -0.1) is 11.6 Å². The molecule has 2 aliphatic heterocycles. The second-order valence-electron chi connectivity index (χ2n) is 5.06. The molecular weight excluding hydrogens is 322 g/mol. The van der Waals surface area contributed by atoms with Crippen molar-refractivity contribution in [3.63, 3.8) is 0 Å². The van der Waals surface area contributed by atoms with Crippen molar-refractivity contribution in [1.29, 1.82) is 0 Å². The zero-order valence-corrected chi connectivity index (χ0v) is 13.3. The maximum absolute atomic E-state index is 12.1. The molecular formula is C13H14ClN7O2. The van der Waals surface area contributed by atoms with Gasteiger partial charge in [0.05, 0.1) is 5.69 Å². The van der Waals surface area contributed by atoms with Crippen LogP contribution < -0.4 is 5.32 Å². The third kappa shape index (κ3) is 2.87. The Morgan fingerprint density at radius 3 is 2.96 bits per heavy atom. The molecule has 1 unspecified atom stereocenters. The fraction of sp³-hybridized carbons (Fsp3) is 0.385. The number of amides is 2. The molecule has 3 rings (SSSR count). The van der Waals surface area contributed by atoms with Gasteiger partial charge in [-0.1, -0.05) is 0 Å². The number of anilines is 1. The van der Waals surface area contributed by atoms with E-state index in [0.29, 0.717) is 17.3 Å². The lowest BCUT2D eigenvalue weighted by atomic mass is 10.1. The highest BCUT2D eigenvalue weighted by atomic mass is 35.5. The predicted octanol–water partition coefficient (Wildman–Crippen LogP) is 0.449. The first-order chi connectivity index (χ1) is 11.0. The molecule has 1 N–H and O–H groups in total. The predicted molar refractivity (Wildman–Crippen MR) is 86.0 cm³/mol. The van der Waals surface area contributed by atoms with Gasteiger partial charge in [0.2, 0.25) is 5.91 Å². The fourth-order valence-electron chi connectivity index (χ4n) is 2.23. The third-order valence-electron chi connectivity index (χ3n) is 3.30. The number of carbonyl (C=O) groups excluding carboxylic acids is 2. The summed E-state index contributed by atoms with van der Waals surface area (Å²) in [4.78, 5) is 32.2. The molecule has 9 nitrogen and oxygen atoms in total. The van der Waals surface area contributed by atoms with Crippen LogP contribution in [0, 0.1) is 12.8 Å². The van der Waals surface area contributed by atoms with Crippen molar-refractivity contribution in [3.05, 3.63) is 11.8 Å². The number of carbonyl (C=O) groups is 2. The summed E-state index contributed by atoms with van der Waals surface area (Å²) >= 11 is 5.56. The maximum Gasteiger partial charge on any atom is 0.265 e. The van der Waals surface area contributed by atoms with E-state index in [1.165, 1.54) is 15.9 Å². The van der Waals surface area contributed by atoms with Gasteiger partial charge in [0.25, 0.3) is 11.9 Å². The summed E-state index contributed by atoms with van der Waals surface area (Å²) in [6.07, 6.45) is 1.67. The standard InChI is InChI=1S/C13H14ClN7O2/c1-7-5-9(16-10(22)3-4-14)21(19-7)13-17-11-8(12(23)18-13)6-15-20(11)2/h5-6,8H,3-4H2,1-2H3,(H,16,22). The molecule has 1 aromatic rings. The molecule has 0 spiro atoms. The van der Waals surface area contributed by atoms with Crippen LogP contribution in [-0.4, -0.2) is 57.5 Å². The second kappa shape index (κ2) is 5.92. The molecule has 2 amide bonds. The number of halogens is 1. The van der Waals surface area contributed by atoms with E-state index < -0.39 is 5.92 Å². The third-order valence-corrected chi connectivity index (χ3v) is 3.49. The Kier molecular flexibility index (Phi) is 3.95. The Labute approximate surface area is 136 Å². The summed E-state index contributed by atoms with van der Waals surface area (Å²) in [5.74, 6) is -0.0212. The minimum atomic E-state index is -0.560. The maximum atomic E-state index is 12.1. The van der Waals surface area contributed by atoms with Crippen molar-refractivity contribution in [3.8, 4) is 0 Å². The number of aryl methyl sites for hydroxylation is 1. The van der Waals surface area contributed by atoms with E-state index in [-0.39, 0.29) is 30.1 Å². The average molecular weight is 336 g/mol.